The van der Waals surface area contributed by atoms with Crippen molar-refractivity contribution in [1.29, 1.82) is 0 Å². The zero-order chi connectivity index (χ0) is 8.81. The molecule has 0 amide bonds. The van der Waals surface area contributed by atoms with Gasteiger partial charge in [-0.1, -0.05) is 36.4 Å². The molecule has 0 heterocycles. The van der Waals surface area contributed by atoms with E-state index in [0.29, 0.717) is 0 Å². The molecule has 0 aliphatic rings. The molecule has 1 rings (SSSR count). The fourth-order valence-corrected chi connectivity index (χ4v) is 1.08. The van der Waals surface area contributed by atoms with Gasteiger partial charge in [0.25, 0.3) is 0 Å². The number of hydrogen-bond acceptors (Lipinski definition) is 0. The highest BCUT2D eigenvalue weighted by Gasteiger charge is 1.87. The fourth-order valence-electron chi connectivity index (χ4n) is 1.08. The molecule has 0 aliphatic heterocycles. The summed E-state index contributed by atoms with van der Waals surface area (Å²) in [6.45, 7) is 4.03. The van der Waals surface area contributed by atoms with Gasteiger partial charge in [0, 0.05) is 0 Å². The standard InChI is InChI=1S/C12H13/c1-3-6-11-8-5-9-12(10-11)7-4-2/h3-8,10H,1-2H3/b6-3-,7-4-. The lowest BCUT2D eigenvalue weighted by Gasteiger charge is -1.94. The van der Waals surface area contributed by atoms with Crippen molar-refractivity contribution in [2.24, 2.45) is 0 Å². The predicted molar refractivity (Wildman–Crippen MR) is 54.7 cm³/mol. The minimum absolute atomic E-state index is 1.13. The van der Waals surface area contributed by atoms with Gasteiger partial charge in [-0.05, 0) is 37.1 Å². The third kappa shape index (κ3) is 2.39. The molecule has 0 saturated carbocycles. The van der Waals surface area contributed by atoms with Crippen LogP contribution in [0.5, 0.6) is 0 Å². The molecule has 0 atom stereocenters. The molecule has 0 bridgehead atoms. The van der Waals surface area contributed by atoms with Crippen molar-refractivity contribution in [3.05, 3.63) is 47.5 Å². The van der Waals surface area contributed by atoms with E-state index >= 15 is 0 Å². The quantitative estimate of drug-likeness (QED) is 0.615. The first-order valence-electron chi connectivity index (χ1n) is 4.14. The Labute approximate surface area is 74.2 Å². The third-order valence-corrected chi connectivity index (χ3v) is 1.55. The summed E-state index contributed by atoms with van der Waals surface area (Å²) in [7, 11) is 0. The minimum atomic E-state index is 1.13. The molecule has 0 unspecified atom stereocenters. The Hall–Kier alpha value is -1.30. The second kappa shape index (κ2) is 4.55. The monoisotopic (exact) mass is 157 g/mol. The SMILES string of the molecule is C/C=C\c1[c]ccc(/C=C\C)c1. The van der Waals surface area contributed by atoms with Crippen LogP contribution in [0.15, 0.2) is 30.4 Å². The molecule has 1 aromatic rings. The van der Waals surface area contributed by atoms with Crippen molar-refractivity contribution >= 4 is 12.2 Å². The average Bonchev–Trinajstić information content (AvgIpc) is 2.06. The first-order valence-corrected chi connectivity index (χ1v) is 4.14. The molecule has 0 heteroatoms. The smallest absolute Gasteiger partial charge is 0.0105 e. The van der Waals surface area contributed by atoms with Gasteiger partial charge < -0.3 is 0 Å². The first-order chi connectivity index (χ1) is 5.86. The van der Waals surface area contributed by atoms with E-state index in [9.17, 15) is 0 Å². The molecule has 0 aliphatic carbocycles. The Morgan fingerprint density at radius 3 is 2.58 bits per heavy atom. The summed E-state index contributed by atoms with van der Waals surface area (Å²) >= 11 is 0. The van der Waals surface area contributed by atoms with E-state index in [2.05, 4.69) is 18.2 Å². The van der Waals surface area contributed by atoms with Gasteiger partial charge in [-0.15, -0.1) is 0 Å². The molecule has 0 aromatic heterocycles. The molecule has 12 heavy (non-hydrogen) atoms. The highest BCUT2D eigenvalue weighted by Crippen LogP contribution is 2.07. The number of hydrogen-bond donors (Lipinski definition) is 0. The summed E-state index contributed by atoms with van der Waals surface area (Å²) < 4.78 is 0. The van der Waals surface area contributed by atoms with Crippen molar-refractivity contribution in [3.63, 3.8) is 0 Å². The maximum atomic E-state index is 3.15. The van der Waals surface area contributed by atoms with Crippen LogP contribution in [0.25, 0.3) is 12.2 Å². The average molecular weight is 157 g/mol. The zero-order valence-corrected chi connectivity index (χ0v) is 7.54. The van der Waals surface area contributed by atoms with Gasteiger partial charge in [0.1, 0.15) is 0 Å². The molecule has 0 N–H and O–H groups in total. The zero-order valence-electron chi connectivity index (χ0n) is 7.54. The Kier molecular flexibility index (Phi) is 3.34. The van der Waals surface area contributed by atoms with Crippen LogP contribution >= 0.6 is 0 Å². The Morgan fingerprint density at radius 2 is 1.92 bits per heavy atom. The highest BCUT2D eigenvalue weighted by atomic mass is 13.9. The largest absolute Gasteiger partial charge is 0.0871 e. The van der Waals surface area contributed by atoms with Gasteiger partial charge in [-0.2, -0.15) is 0 Å². The van der Waals surface area contributed by atoms with Crippen LogP contribution in [0.2, 0.25) is 0 Å². The summed E-state index contributed by atoms with van der Waals surface area (Å²) in [5, 5.41) is 0. The van der Waals surface area contributed by atoms with E-state index < -0.39 is 0 Å². The lowest BCUT2D eigenvalue weighted by Crippen LogP contribution is -1.74. The first kappa shape index (κ1) is 8.79. The van der Waals surface area contributed by atoms with Crippen LogP contribution in [0.1, 0.15) is 25.0 Å². The number of rotatable bonds is 2. The van der Waals surface area contributed by atoms with E-state index in [-0.39, 0.29) is 0 Å². The fraction of sp³-hybridized carbons (Fsp3) is 0.167. The van der Waals surface area contributed by atoms with Crippen LogP contribution in [0.3, 0.4) is 0 Å². The third-order valence-electron chi connectivity index (χ3n) is 1.55. The van der Waals surface area contributed by atoms with Gasteiger partial charge in [0.05, 0.1) is 0 Å². The topological polar surface area (TPSA) is 0 Å². The van der Waals surface area contributed by atoms with Crippen LogP contribution in [0, 0.1) is 6.07 Å². The van der Waals surface area contributed by atoms with E-state index in [4.69, 9.17) is 0 Å². The Balaban J connectivity index is 2.95. The lowest BCUT2D eigenvalue weighted by atomic mass is 10.1. The summed E-state index contributed by atoms with van der Waals surface area (Å²) in [6, 6.07) is 9.26. The molecule has 0 saturated heterocycles. The van der Waals surface area contributed by atoms with E-state index in [0.717, 1.165) is 5.56 Å². The minimum Gasteiger partial charge on any atom is -0.0871 e. The molecule has 0 fully saturated rings. The van der Waals surface area contributed by atoms with Gasteiger partial charge in [-0.25, -0.2) is 0 Å². The maximum absolute atomic E-state index is 3.15. The van der Waals surface area contributed by atoms with Gasteiger partial charge in [-0.3, -0.25) is 0 Å². The molecule has 1 radical (unpaired) electrons. The highest BCUT2D eigenvalue weighted by molar-refractivity contribution is 5.56. The van der Waals surface area contributed by atoms with E-state index in [1.165, 1.54) is 5.56 Å². The Bertz CT molecular complexity index is 265. The Morgan fingerprint density at radius 1 is 1.17 bits per heavy atom. The molecular formula is C12H13. The molecule has 0 nitrogen and oxygen atoms in total. The maximum Gasteiger partial charge on any atom is -0.0105 e. The van der Waals surface area contributed by atoms with Gasteiger partial charge in [0.2, 0.25) is 0 Å². The summed E-state index contributed by atoms with van der Waals surface area (Å²) in [5.74, 6) is 0. The molecule has 61 valence electrons. The van der Waals surface area contributed by atoms with Crippen LogP contribution in [-0.2, 0) is 0 Å². The van der Waals surface area contributed by atoms with Crippen molar-refractivity contribution < 1.29 is 0 Å². The predicted octanol–water partition coefficient (Wildman–Crippen LogP) is 3.55. The van der Waals surface area contributed by atoms with E-state index in [1.807, 2.05) is 44.2 Å². The van der Waals surface area contributed by atoms with Gasteiger partial charge in [0.15, 0.2) is 0 Å². The summed E-state index contributed by atoms with van der Waals surface area (Å²) in [4.78, 5) is 0. The van der Waals surface area contributed by atoms with Crippen molar-refractivity contribution in [1.82, 2.24) is 0 Å². The number of allylic oxidation sites excluding steroid dienone is 2. The van der Waals surface area contributed by atoms with E-state index in [1.54, 1.807) is 0 Å². The van der Waals surface area contributed by atoms with Gasteiger partial charge >= 0.3 is 0 Å². The summed E-state index contributed by atoms with van der Waals surface area (Å²) in [6.07, 6.45) is 8.19. The normalized spacial score (nSPS) is 11.5. The van der Waals surface area contributed by atoms with Crippen LogP contribution < -0.4 is 0 Å². The second-order valence-corrected chi connectivity index (χ2v) is 2.58. The van der Waals surface area contributed by atoms with Crippen molar-refractivity contribution in [2.45, 2.75) is 13.8 Å². The summed E-state index contributed by atoms with van der Waals surface area (Å²) in [5.41, 5.74) is 2.36. The molecule has 1 aromatic carbocycles. The number of benzene rings is 1. The second-order valence-electron chi connectivity index (χ2n) is 2.58. The van der Waals surface area contributed by atoms with Crippen molar-refractivity contribution in [3.8, 4) is 0 Å². The lowest BCUT2D eigenvalue weighted by molar-refractivity contribution is 1.59. The van der Waals surface area contributed by atoms with Crippen molar-refractivity contribution in [2.75, 3.05) is 0 Å². The molecular weight excluding hydrogens is 144 g/mol. The molecule has 0 spiro atoms. The van der Waals surface area contributed by atoms with Crippen LogP contribution in [-0.4, -0.2) is 0 Å². The van der Waals surface area contributed by atoms with Crippen LogP contribution in [0.4, 0.5) is 0 Å².